The average Bonchev–Trinajstić information content (AvgIpc) is 2.54. The van der Waals surface area contributed by atoms with Gasteiger partial charge in [0.1, 0.15) is 0 Å². The Labute approximate surface area is 132 Å². The maximum atomic E-state index is 11.8. The van der Waals surface area contributed by atoms with Gasteiger partial charge in [-0.3, -0.25) is 4.98 Å². The maximum Gasteiger partial charge on any atom is 0.315 e. The van der Waals surface area contributed by atoms with Gasteiger partial charge < -0.3 is 15.4 Å². The molecule has 1 aliphatic carbocycles. The largest absolute Gasteiger partial charge is 0.376 e. The molecule has 2 rings (SSSR count). The molecular formula is C17H27N3O2. The van der Waals surface area contributed by atoms with Crippen LogP contribution in [0, 0.1) is 5.92 Å². The van der Waals surface area contributed by atoms with Crippen molar-refractivity contribution >= 4 is 6.03 Å². The topological polar surface area (TPSA) is 63.2 Å². The van der Waals surface area contributed by atoms with Crippen molar-refractivity contribution in [2.75, 3.05) is 13.2 Å². The lowest BCUT2D eigenvalue weighted by molar-refractivity contribution is -0.00244. The summed E-state index contributed by atoms with van der Waals surface area (Å²) < 4.78 is 5.88. The van der Waals surface area contributed by atoms with Gasteiger partial charge in [-0.1, -0.05) is 25.8 Å². The van der Waals surface area contributed by atoms with Gasteiger partial charge in [0.05, 0.1) is 18.8 Å². The van der Waals surface area contributed by atoms with Crippen LogP contribution in [0.1, 0.15) is 51.1 Å². The van der Waals surface area contributed by atoms with Crippen molar-refractivity contribution in [2.24, 2.45) is 5.92 Å². The molecule has 0 saturated heterocycles. The van der Waals surface area contributed by atoms with Crippen LogP contribution in [0.25, 0.3) is 0 Å². The number of rotatable bonds is 6. The summed E-state index contributed by atoms with van der Waals surface area (Å²) >= 11 is 0. The first-order chi connectivity index (χ1) is 10.7. The number of nitrogens with one attached hydrogen (secondary N) is 2. The molecule has 0 radical (unpaired) electrons. The number of carbonyl (C=O) groups excluding carboxylic acids is 1. The number of urea groups is 1. The van der Waals surface area contributed by atoms with Crippen molar-refractivity contribution in [1.29, 1.82) is 0 Å². The van der Waals surface area contributed by atoms with Crippen LogP contribution >= 0.6 is 0 Å². The third kappa shape index (κ3) is 5.30. The Kier molecular flexibility index (Phi) is 6.65. The van der Waals surface area contributed by atoms with E-state index in [1.165, 1.54) is 19.3 Å². The van der Waals surface area contributed by atoms with Crippen molar-refractivity contribution in [3.05, 3.63) is 30.1 Å². The SMILES string of the molecule is C[C@H](NC(=O)NCCO[C@@H]1CCCC[C@@H]1C)c1cccnc1. The molecule has 5 nitrogen and oxygen atoms in total. The molecule has 0 aromatic carbocycles. The second kappa shape index (κ2) is 8.73. The molecule has 2 amide bonds. The monoisotopic (exact) mass is 305 g/mol. The van der Waals surface area contributed by atoms with E-state index in [-0.39, 0.29) is 12.1 Å². The fourth-order valence-electron chi connectivity index (χ4n) is 2.87. The smallest absolute Gasteiger partial charge is 0.315 e. The summed E-state index contributed by atoms with van der Waals surface area (Å²) in [6.45, 7) is 5.30. The summed E-state index contributed by atoms with van der Waals surface area (Å²) in [5, 5.41) is 5.74. The second-order valence-electron chi connectivity index (χ2n) is 6.08. The molecule has 1 heterocycles. The molecule has 22 heavy (non-hydrogen) atoms. The Morgan fingerprint density at radius 1 is 1.45 bits per heavy atom. The van der Waals surface area contributed by atoms with Crippen molar-refractivity contribution in [2.45, 2.75) is 51.7 Å². The van der Waals surface area contributed by atoms with Crippen molar-refractivity contribution in [1.82, 2.24) is 15.6 Å². The van der Waals surface area contributed by atoms with Gasteiger partial charge in [0.15, 0.2) is 0 Å². The molecule has 1 saturated carbocycles. The fraction of sp³-hybridized carbons (Fsp3) is 0.647. The summed E-state index contributed by atoms with van der Waals surface area (Å²) in [4.78, 5) is 15.9. The average molecular weight is 305 g/mol. The highest BCUT2D eigenvalue weighted by Crippen LogP contribution is 2.25. The highest BCUT2D eigenvalue weighted by Gasteiger charge is 2.21. The Hall–Kier alpha value is -1.62. The maximum absolute atomic E-state index is 11.8. The highest BCUT2D eigenvalue weighted by molar-refractivity contribution is 5.74. The number of ether oxygens (including phenoxy) is 1. The van der Waals surface area contributed by atoms with Crippen LogP contribution in [0.2, 0.25) is 0 Å². The van der Waals surface area contributed by atoms with Crippen molar-refractivity contribution < 1.29 is 9.53 Å². The van der Waals surface area contributed by atoms with Crippen LogP contribution in [0.15, 0.2) is 24.5 Å². The van der Waals surface area contributed by atoms with Crippen LogP contribution in [-0.2, 0) is 4.74 Å². The lowest BCUT2D eigenvalue weighted by Gasteiger charge is -2.28. The van der Waals surface area contributed by atoms with Crippen LogP contribution in [-0.4, -0.2) is 30.3 Å². The number of amides is 2. The van der Waals surface area contributed by atoms with E-state index in [2.05, 4.69) is 22.5 Å². The number of nitrogens with zero attached hydrogens (tertiary/aromatic N) is 1. The van der Waals surface area contributed by atoms with Gasteiger partial charge in [0.25, 0.3) is 0 Å². The number of pyridine rings is 1. The molecule has 0 bridgehead atoms. The van der Waals surface area contributed by atoms with Crippen molar-refractivity contribution in [3.8, 4) is 0 Å². The Morgan fingerprint density at radius 3 is 3.00 bits per heavy atom. The van der Waals surface area contributed by atoms with E-state index in [1.807, 2.05) is 19.1 Å². The quantitative estimate of drug-likeness (QED) is 0.794. The van der Waals surface area contributed by atoms with Gasteiger partial charge >= 0.3 is 6.03 Å². The first-order valence-electron chi connectivity index (χ1n) is 8.22. The third-order valence-electron chi connectivity index (χ3n) is 4.28. The molecule has 1 fully saturated rings. The zero-order valence-corrected chi connectivity index (χ0v) is 13.5. The first kappa shape index (κ1) is 16.7. The van der Waals surface area contributed by atoms with Gasteiger partial charge in [-0.15, -0.1) is 0 Å². The molecule has 2 N–H and O–H groups in total. The molecule has 1 aliphatic rings. The molecule has 0 aliphatic heterocycles. The normalized spacial score (nSPS) is 22.8. The van der Waals surface area contributed by atoms with E-state index in [4.69, 9.17) is 4.74 Å². The van der Waals surface area contributed by atoms with Crippen LogP contribution in [0.5, 0.6) is 0 Å². The van der Waals surface area contributed by atoms with E-state index < -0.39 is 0 Å². The second-order valence-corrected chi connectivity index (χ2v) is 6.08. The van der Waals surface area contributed by atoms with E-state index >= 15 is 0 Å². The summed E-state index contributed by atoms with van der Waals surface area (Å²) in [5.41, 5.74) is 0.991. The van der Waals surface area contributed by atoms with Gasteiger partial charge in [0, 0.05) is 18.9 Å². The minimum Gasteiger partial charge on any atom is -0.376 e. The number of hydrogen-bond acceptors (Lipinski definition) is 3. The molecule has 5 heteroatoms. The van der Waals surface area contributed by atoms with E-state index in [1.54, 1.807) is 12.4 Å². The van der Waals surface area contributed by atoms with Gasteiger partial charge in [0.2, 0.25) is 0 Å². The van der Waals surface area contributed by atoms with Gasteiger partial charge in [-0.05, 0) is 37.3 Å². The zero-order chi connectivity index (χ0) is 15.8. The number of carbonyl (C=O) groups is 1. The minimum atomic E-state index is -0.170. The Balaban J connectivity index is 1.61. The summed E-state index contributed by atoms with van der Waals surface area (Å²) in [7, 11) is 0. The zero-order valence-electron chi connectivity index (χ0n) is 13.5. The fourth-order valence-corrected chi connectivity index (χ4v) is 2.87. The van der Waals surface area contributed by atoms with E-state index in [0.29, 0.717) is 25.2 Å². The molecule has 0 spiro atoms. The van der Waals surface area contributed by atoms with Gasteiger partial charge in [-0.25, -0.2) is 4.79 Å². The van der Waals surface area contributed by atoms with E-state index in [9.17, 15) is 4.79 Å². The predicted octanol–water partition coefficient (Wildman–Crippen LogP) is 3.04. The molecule has 0 unspecified atom stereocenters. The number of aromatic nitrogens is 1. The lowest BCUT2D eigenvalue weighted by Crippen LogP contribution is -2.39. The third-order valence-corrected chi connectivity index (χ3v) is 4.28. The highest BCUT2D eigenvalue weighted by atomic mass is 16.5. The van der Waals surface area contributed by atoms with Gasteiger partial charge in [-0.2, -0.15) is 0 Å². The molecule has 3 atom stereocenters. The number of hydrogen-bond donors (Lipinski definition) is 2. The standard InChI is InChI=1S/C17H27N3O2/c1-13-6-3-4-8-16(13)22-11-10-19-17(21)20-14(2)15-7-5-9-18-12-15/h5,7,9,12-14,16H,3-4,6,8,10-11H2,1-2H3,(H2,19,20,21)/t13-,14-,16+/m0/s1. The minimum absolute atomic E-state index is 0.0621. The molecular weight excluding hydrogens is 278 g/mol. The molecule has 1 aromatic heterocycles. The Bertz CT molecular complexity index is 452. The molecule has 1 aromatic rings. The van der Waals surface area contributed by atoms with Crippen LogP contribution < -0.4 is 10.6 Å². The van der Waals surface area contributed by atoms with Crippen LogP contribution in [0.4, 0.5) is 4.79 Å². The predicted molar refractivity (Wildman–Crippen MR) is 86.6 cm³/mol. The van der Waals surface area contributed by atoms with Crippen LogP contribution in [0.3, 0.4) is 0 Å². The molecule has 122 valence electrons. The van der Waals surface area contributed by atoms with E-state index in [0.717, 1.165) is 12.0 Å². The summed E-state index contributed by atoms with van der Waals surface area (Å²) in [6.07, 6.45) is 8.80. The first-order valence-corrected chi connectivity index (χ1v) is 8.22. The summed E-state index contributed by atoms with van der Waals surface area (Å²) in [6, 6.07) is 3.58. The Morgan fingerprint density at radius 2 is 2.27 bits per heavy atom. The lowest BCUT2D eigenvalue weighted by atomic mass is 9.88. The van der Waals surface area contributed by atoms with Crippen molar-refractivity contribution in [3.63, 3.8) is 0 Å². The summed E-state index contributed by atoms with van der Waals surface area (Å²) in [5.74, 6) is 0.633.